The minimum atomic E-state index is -0.393. The number of phenolic OH excluding ortho intramolecular Hbond substituents is 1. The number of aliphatic hydroxyl groups excluding tert-OH is 1. The number of aryl methyl sites for hydroxylation is 3. The van der Waals surface area contributed by atoms with Crippen molar-refractivity contribution >= 4 is 11.8 Å². The van der Waals surface area contributed by atoms with Gasteiger partial charge in [-0.2, -0.15) is 0 Å². The Labute approximate surface area is 213 Å². The Morgan fingerprint density at radius 1 is 0.889 bits per heavy atom. The van der Waals surface area contributed by atoms with Crippen molar-refractivity contribution in [2.75, 3.05) is 13.2 Å². The number of carbonyl (C=O) groups is 2. The van der Waals surface area contributed by atoms with Gasteiger partial charge in [-0.05, 0) is 60.7 Å². The second kappa shape index (κ2) is 14.5. The van der Waals surface area contributed by atoms with Crippen molar-refractivity contribution < 1.29 is 24.5 Å². The smallest absolute Gasteiger partial charge is 0.255 e. The summed E-state index contributed by atoms with van der Waals surface area (Å²) in [5.41, 5.74) is 3.89. The molecule has 0 aromatic heterocycles. The van der Waals surface area contributed by atoms with Gasteiger partial charge in [0.2, 0.25) is 5.91 Å². The fourth-order valence-corrected chi connectivity index (χ4v) is 3.64. The lowest BCUT2D eigenvalue weighted by molar-refractivity contribution is -0.121. The summed E-state index contributed by atoms with van der Waals surface area (Å²) in [6.45, 7) is 8.37. The number of phenols is 1. The number of aromatic hydroxyl groups is 1. The zero-order chi connectivity index (χ0) is 26.5. The van der Waals surface area contributed by atoms with Crippen molar-refractivity contribution in [3.05, 3.63) is 88.5 Å². The SMILES string of the molecule is CC.Cc1cc(CCC(=O)NCCO)cc(C)c1Oc1ccc(O)c(C(=O)NCc2ccccc2)c1. The van der Waals surface area contributed by atoms with Crippen molar-refractivity contribution in [1.29, 1.82) is 0 Å². The Bertz CT molecular complexity index is 1120. The van der Waals surface area contributed by atoms with Crippen molar-refractivity contribution in [2.24, 2.45) is 0 Å². The van der Waals surface area contributed by atoms with Crippen LogP contribution in [0.3, 0.4) is 0 Å². The minimum Gasteiger partial charge on any atom is -0.507 e. The van der Waals surface area contributed by atoms with Gasteiger partial charge in [0.15, 0.2) is 0 Å². The third-order valence-electron chi connectivity index (χ3n) is 5.32. The molecule has 2 amide bonds. The molecule has 3 aromatic carbocycles. The zero-order valence-corrected chi connectivity index (χ0v) is 21.4. The Balaban J connectivity index is 0.00000222. The zero-order valence-electron chi connectivity index (χ0n) is 21.4. The van der Waals surface area contributed by atoms with Crippen molar-refractivity contribution in [3.63, 3.8) is 0 Å². The summed E-state index contributed by atoms with van der Waals surface area (Å²) in [6, 6.07) is 18.0. The standard InChI is InChI=1S/C27H30N2O5.C2H6/c1-18-14-21(8-11-25(32)28-12-13-30)15-19(2)26(18)34-22-9-10-24(31)23(16-22)27(33)29-17-20-6-4-3-5-7-20;1-2/h3-7,9-10,14-16,30-31H,8,11-13,17H2,1-2H3,(H,28,32)(H,29,33);1-2H3. The Morgan fingerprint density at radius 3 is 2.19 bits per heavy atom. The molecule has 0 unspecified atom stereocenters. The van der Waals surface area contributed by atoms with Gasteiger partial charge >= 0.3 is 0 Å². The predicted octanol–water partition coefficient (Wildman–Crippen LogP) is 4.80. The van der Waals surface area contributed by atoms with Gasteiger partial charge in [-0.25, -0.2) is 0 Å². The first-order valence-electron chi connectivity index (χ1n) is 12.2. The van der Waals surface area contributed by atoms with Crippen LogP contribution in [0.15, 0.2) is 60.7 Å². The largest absolute Gasteiger partial charge is 0.507 e. The molecule has 0 aliphatic carbocycles. The normalized spacial score (nSPS) is 10.1. The molecule has 0 bridgehead atoms. The number of rotatable bonds is 10. The maximum absolute atomic E-state index is 12.6. The molecule has 3 rings (SSSR count). The lowest BCUT2D eigenvalue weighted by Crippen LogP contribution is -2.26. The molecule has 3 aromatic rings. The molecule has 0 radical (unpaired) electrons. The number of aliphatic hydroxyl groups is 1. The van der Waals surface area contributed by atoms with E-state index in [-0.39, 0.29) is 30.4 Å². The van der Waals surface area contributed by atoms with Crippen molar-refractivity contribution in [2.45, 2.75) is 47.1 Å². The molecular formula is C29H36N2O5. The molecule has 0 aliphatic heterocycles. The molecular weight excluding hydrogens is 456 g/mol. The number of carbonyl (C=O) groups excluding carboxylic acids is 2. The van der Waals surface area contributed by atoms with Crippen LogP contribution in [0.1, 0.15) is 52.9 Å². The lowest BCUT2D eigenvalue weighted by Gasteiger charge is -2.15. The van der Waals surface area contributed by atoms with Crippen LogP contribution < -0.4 is 15.4 Å². The van der Waals surface area contributed by atoms with Gasteiger partial charge in [-0.1, -0.05) is 56.3 Å². The van der Waals surface area contributed by atoms with E-state index in [1.807, 2.05) is 70.2 Å². The molecule has 0 spiro atoms. The summed E-state index contributed by atoms with van der Waals surface area (Å²) in [5, 5.41) is 24.5. The number of nitrogens with one attached hydrogen (secondary N) is 2. The molecule has 4 N–H and O–H groups in total. The summed E-state index contributed by atoms with van der Waals surface area (Å²) in [6.07, 6.45) is 0.905. The molecule has 36 heavy (non-hydrogen) atoms. The van der Waals surface area contributed by atoms with Crippen molar-refractivity contribution in [3.8, 4) is 17.2 Å². The van der Waals surface area contributed by atoms with Gasteiger partial charge in [0, 0.05) is 19.5 Å². The second-order valence-corrected chi connectivity index (χ2v) is 8.08. The lowest BCUT2D eigenvalue weighted by atomic mass is 10.0. The summed E-state index contributed by atoms with van der Waals surface area (Å²) >= 11 is 0. The van der Waals surface area contributed by atoms with E-state index in [0.717, 1.165) is 22.3 Å². The number of hydrogen-bond donors (Lipinski definition) is 4. The van der Waals surface area contributed by atoms with Crippen molar-refractivity contribution in [1.82, 2.24) is 10.6 Å². The van der Waals surface area contributed by atoms with E-state index in [4.69, 9.17) is 9.84 Å². The van der Waals surface area contributed by atoms with Gasteiger partial charge in [-0.3, -0.25) is 9.59 Å². The first-order valence-corrected chi connectivity index (χ1v) is 12.2. The highest BCUT2D eigenvalue weighted by molar-refractivity contribution is 5.97. The van der Waals surface area contributed by atoms with E-state index < -0.39 is 5.91 Å². The number of ether oxygens (including phenoxy) is 1. The maximum Gasteiger partial charge on any atom is 0.255 e. The van der Waals surface area contributed by atoms with E-state index in [1.54, 1.807) is 6.07 Å². The quantitative estimate of drug-likeness (QED) is 0.325. The van der Waals surface area contributed by atoms with Crippen LogP contribution in [0.4, 0.5) is 0 Å². The molecule has 0 atom stereocenters. The number of amides is 2. The minimum absolute atomic E-state index is 0.0797. The van der Waals surface area contributed by atoms with Gasteiger partial charge in [0.1, 0.15) is 17.2 Å². The summed E-state index contributed by atoms with van der Waals surface area (Å²) in [5.74, 6) is 0.475. The molecule has 0 fully saturated rings. The number of hydrogen-bond acceptors (Lipinski definition) is 5. The highest BCUT2D eigenvalue weighted by atomic mass is 16.5. The first-order chi connectivity index (χ1) is 17.4. The maximum atomic E-state index is 12.6. The molecule has 7 heteroatoms. The van der Waals surface area contributed by atoms with Gasteiger partial charge < -0.3 is 25.6 Å². The molecule has 0 aliphatic rings. The average molecular weight is 493 g/mol. The number of benzene rings is 3. The fourth-order valence-electron chi connectivity index (χ4n) is 3.64. The fraction of sp³-hybridized carbons (Fsp3) is 0.310. The monoisotopic (exact) mass is 492 g/mol. The molecule has 192 valence electrons. The van der Waals surface area contributed by atoms with Crippen LogP contribution in [0.5, 0.6) is 17.2 Å². The van der Waals surface area contributed by atoms with E-state index in [2.05, 4.69) is 10.6 Å². The molecule has 7 nitrogen and oxygen atoms in total. The Morgan fingerprint density at radius 2 is 1.56 bits per heavy atom. The van der Waals surface area contributed by atoms with Crippen LogP contribution in [0, 0.1) is 13.8 Å². The summed E-state index contributed by atoms with van der Waals surface area (Å²) in [4.78, 5) is 24.4. The summed E-state index contributed by atoms with van der Waals surface area (Å²) in [7, 11) is 0. The molecule has 0 saturated heterocycles. The van der Waals surface area contributed by atoms with Crippen LogP contribution in [0.25, 0.3) is 0 Å². The first kappa shape index (κ1) is 28.4. The third kappa shape index (κ3) is 8.43. The van der Waals surface area contributed by atoms with Crippen LogP contribution in [0.2, 0.25) is 0 Å². The van der Waals surface area contributed by atoms with E-state index in [1.165, 1.54) is 12.1 Å². The van der Waals surface area contributed by atoms with E-state index >= 15 is 0 Å². The highest BCUT2D eigenvalue weighted by Crippen LogP contribution is 2.32. The predicted molar refractivity (Wildman–Crippen MR) is 141 cm³/mol. The van der Waals surface area contributed by atoms with Crippen LogP contribution in [-0.2, 0) is 17.8 Å². The molecule has 0 saturated carbocycles. The average Bonchev–Trinajstić information content (AvgIpc) is 2.89. The van der Waals surface area contributed by atoms with Gasteiger partial charge in [0.25, 0.3) is 5.91 Å². The van der Waals surface area contributed by atoms with Gasteiger partial charge in [0.05, 0.1) is 12.2 Å². The topological polar surface area (TPSA) is 108 Å². The summed E-state index contributed by atoms with van der Waals surface area (Å²) < 4.78 is 6.08. The second-order valence-electron chi connectivity index (χ2n) is 8.08. The van der Waals surface area contributed by atoms with Gasteiger partial charge in [-0.15, -0.1) is 0 Å². The van der Waals surface area contributed by atoms with E-state index in [9.17, 15) is 14.7 Å². The molecule has 0 heterocycles. The Kier molecular flexibility index (Phi) is 11.5. The van der Waals surface area contributed by atoms with E-state index in [0.29, 0.717) is 30.9 Å². The van der Waals surface area contributed by atoms with Crippen LogP contribution in [-0.4, -0.2) is 35.2 Å². The van der Waals surface area contributed by atoms with Crippen LogP contribution >= 0.6 is 0 Å². The Hall–Kier alpha value is -3.84. The highest BCUT2D eigenvalue weighted by Gasteiger charge is 2.15. The third-order valence-corrected chi connectivity index (χ3v) is 5.32.